The maximum Gasteiger partial charge on any atom is 0.329 e. The highest BCUT2D eigenvalue weighted by molar-refractivity contribution is 8.00. The Labute approximate surface area is 159 Å². The number of imidazole rings is 1. The number of H-pyrrole nitrogens is 1. The summed E-state index contributed by atoms with van der Waals surface area (Å²) in [6.45, 7) is 4.08. The molecule has 0 radical (unpaired) electrons. The second-order valence-electron chi connectivity index (χ2n) is 6.24. The predicted molar refractivity (Wildman–Crippen MR) is 103 cm³/mol. The molecule has 3 rings (SSSR count). The summed E-state index contributed by atoms with van der Waals surface area (Å²) in [5.41, 5.74) is 1.59. The largest absolute Gasteiger partial charge is 0.468 e. The number of benzene rings is 1. The average molecular weight is 388 g/mol. The second-order valence-corrected chi connectivity index (χ2v) is 7.55. The first kappa shape index (κ1) is 19.0. The topological polar surface area (TPSA) is 99.0 Å². The zero-order chi connectivity index (χ0) is 19.7. The van der Waals surface area contributed by atoms with Gasteiger partial charge in [-0.3, -0.25) is 19.1 Å². The molecule has 8 nitrogen and oxygen atoms in total. The van der Waals surface area contributed by atoms with E-state index in [1.54, 1.807) is 18.5 Å². The first-order valence-electron chi connectivity index (χ1n) is 8.31. The van der Waals surface area contributed by atoms with Crippen LogP contribution < -0.4 is 11.2 Å². The number of fused-ring (bicyclic) bond motifs is 1. The molecule has 9 heteroatoms. The average Bonchev–Trinajstić information content (AvgIpc) is 2.97. The number of thioether (sulfide) groups is 1. The summed E-state index contributed by atoms with van der Waals surface area (Å²) in [5, 5.41) is -0.0460. The van der Waals surface area contributed by atoms with E-state index in [1.165, 1.54) is 23.4 Å². The van der Waals surface area contributed by atoms with Crippen molar-refractivity contribution in [3.63, 3.8) is 0 Å². The van der Waals surface area contributed by atoms with Gasteiger partial charge in [0.2, 0.25) is 0 Å². The van der Waals surface area contributed by atoms with Gasteiger partial charge in [-0.1, -0.05) is 41.6 Å². The maximum absolute atomic E-state index is 12.5. The summed E-state index contributed by atoms with van der Waals surface area (Å²) in [4.78, 5) is 43.0. The Balaban J connectivity index is 2.19. The van der Waals surface area contributed by atoms with E-state index >= 15 is 0 Å². The van der Waals surface area contributed by atoms with E-state index in [9.17, 15) is 14.4 Å². The summed E-state index contributed by atoms with van der Waals surface area (Å²) in [7, 11) is 2.87. The summed E-state index contributed by atoms with van der Waals surface area (Å²) in [5.74, 6) is -0.392. The second kappa shape index (κ2) is 7.43. The third-order valence-electron chi connectivity index (χ3n) is 4.21. The number of ether oxygens (including phenoxy) is 1. The standard InChI is InChI=1S/C18H20N4O4S/c1-10-6-5-7-12(8-10)9-22-13-14(21(3)17(25)20-15(13)23)19-18(22)27-11(2)16(24)26-4/h5-8,11H,9H2,1-4H3,(H,20,23,25)/t11-/m0/s1. The Morgan fingerprint density at radius 1 is 1.37 bits per heavy atom. The zero-order valence-electron chi connectivity index (χ0n) is 15.5. The molecule has 2 heterocycles. The number of carbonyl (C=O) groups is 1. The normalized spacial score (nSPS) is 12.3. The van der Waals surface area contributed by atoms with Crippen molar-refractivity contribution < 1.29 is 9.53 Å². The fourth-order valence-corrected chi connectivity index (χ4v) is 3.75. The smallest absolute Gasteiger partial charge is 0.329 e. The van der Waals surface area contributed by atoms with Crippen molar-refractivity contribution in [2.45, 2.75) is 30.8 Å². The van der Waals surface area contributed by atoms with Crippen LogP contribution in [0.25, 0.3) is 11.2 Å². The van der Waals surface area contributed by atoms with E-state index < -0.39 is 22.5 Å². The number of hydrogen-bond acceptors (Lipinski definition) is 6. The van der Waals surface area contributed by atoms with Crippen molar-refractivity contribution in [1.29, 1.82) is 0 Å². The predicted octanol–water partition coefficient (Wildman–Crippen LogP) is 1.43. The van der Waals surface area contributed by atoms with Gasteiger partial charge in [0.15, 0.2) is 16.3 Å². The van der Waals surface area contributed by atoms with Gasteiger partial charge in [-0.05, 0) is 19.4 Å². The molecule has 0 saturated carbocycles. The van der Waals surface area contributed by atoms with Crippen molar-refractivity contribution >= 4 is 28.9 Å². The van der Waals surface area contributed by atoms with Gasteiger partial charge < -0.3 is 9.30 Å². The highest BCUT2D eigenvalue weighted by atomic mass is 32.2. The molecule has 0 amide bonds. The number of aromatic nitrogens is 4. The van der Waals surface area contributed by atoms with Crippen LogP contribution in [0, 0.1) is 6.92 Å². The van der Waals surface area contributed by atoms with Crippen LogP contribution in [0.3, 0.4) is 0 Å². The molecule has 3 aromatic rings. The van der Waals surface area contributed by atoms with Gasteiger partial charge in [0.1, 0.15) is 5.25 Å². The third-order valence-corrected chi connectivity index (χ3v) is 5.28. The monoisotopic (exact) mass is 388 g/mol. The number of aryl methyl sites for hydroxylation is 2. The first-order chi connectivity index (χ1) is 12.8. The Kier molecular flexibility index (Phi) is 5.22. The number of aromatic amines is 1. The Morgan fingerprint density at radius 3 is 2.78 bits per heavy atom. The molecule has 0 aliphatic rings. The van der Waals surface area contributed by atoms with Gasteiger partial charge in [0.05, 0.1) is 13.7 Å². The van der Waals surface area contributed by atoms with Crippen LogP contribution in [-0.4, -0.2) is 37.4 Å². The molecule has 27 heavy (non-hydrogen) atoms. The molecule has 142 valence electrons. The van der Waals surface area contributed by atoms with E-state index in [0.717, 1.165) is 11.1 Å². The fraction of sp³-hybridized carbons (Fsp3) is 0.333. The molecule has 1 atom stereocenters. The number of esters is 1. The number of hydrogen-bond donors (Lipinski definition) is 1. The molecule has 0 unspecified atom stereocenters. The van der Waals surface area contributed by atoms with E-state index in [2.05, 4.69) is 9.97 Å². The minimum Gasteiger partial charge on any atom is -0.468 e. The molecule has 0 spiro atoms. The van der Waals surface area contributed by atoms with Gasteiger partial charge in [-0.15, -0.1) is 0 Å². The molecular weight excluding hydrogens is 368 g/mol. The number of rotatable bonds is 5. The van der Waals surface area contributed by atoms with Crippen molar-refractivity contribution in [2.75, 3.05) is 7.11 Å². The number of carbonyl (C=O) groups excluding carboxylic acids is 1. The molecule has 0 saturated heterocycles. The zero-order valence-corrected chi connectivity index (χ0v) is 16.3. The number of methoxy groups -OCH3 is 1. The Morgan fingerprint density at radius 2 is 2.11 bits per heavy atom. The van der Waals surface area contributed by atoms with Crippen LogP contribution in [0.1, 0.15) is 18.1 Å². The Bertz CT molecular complexity index is 1130. The Hall–Kier alpha value is -2.81. The molecule has 1 aromatic carbocycles. The van der Waals surface area contributed by atoms with Crippen LogP contribution in [0.15, 0.2) is 39.0 Å². The lowest BCUT2D eigenvalue weighted by Crippen LogP contribution is -2.29. The lowest BCUT2D eigenvalue weighted by Gasteiger charge is -2.12. The minimum absolute atomic E-state index is 0.274. The van der Waals surface area contributed by atoms with E-state index in [4.69, 9.17) is 4.74 Å². The van der Waals surface area contributed by atoms with Crippen molar-refractivity contribution in [2.24, 2.45) is 7.05 Å². The molecule has 2 aromatic heterocycles. The van der Waals surface area contributed by atoms with Gasteiger partial charge in [0.25, 0.3) is 5.56 Å². The fourth-order valence-electron chi connectivity index (χ4n) is 2.82. The summed E-state index contributed by atoms with van der Waals surface area (Å²) in [6, 6.07) is 7.89. The van der Waals surface area contributed by atoms with E-state index in [1.807, 2.05) is 31.2 Å². The van der Waals surface area contributed by atoms with Crippen molar-refractivity contribution in [3.05, 3.63) is 56.2 Å². The van der Waals surface area contributed by atoms with Crippen LogP contribution in [0.4, 0.5) is 0 Å². The van der Waals surface area contributed by atoms with E-state index in [0.29, 0.717) is 11.7 Å². The lowest BCUT2D eigenvalue weighted by molar-refractivity contribution is -0.139. The van der Waals surface area contributed by atoms with Crippen LogP contribution in [-0.2, 0) is 23.1 Å². The van der Waals surface area contributed by atoms with Crippen molar-refractivity contribution in [3.8, 4) is 0 Å². The van der Waals surface area contributed by atoms with Crippen LogP contribution in [0.2, 0.25) is 0 Å². The van der Waals surface area contributed by atoms with Gasteiger partial charge >= 0.3 is 11.7 Å². The molecule has 0 aliphatic heterocycles. The number of nitrogens with zero attached hydrogens (tertiary/aromatic N) is 3. The highest BCUT2D eigenvalue weighted by Crippen LogP contribution is 2.27. The van der Waals surface area contributed by atoms with Gasteiger partial charge in [0, 0.05) is 7.05 Å². The highest BCUT2D eigenvalue weighted by Gasteiger charge is 2.23. The minimum atomic E-state index is -0.537. The molecule has 1 N–H and O–H groups in total. The molecular formula is C18H20N4O4S. The third kappa shape index (κ3) is 3.68. The summed E-state index contributed by atoms with van der Waals surface area (Å²) in [6.07, 6.45) is 0. The SMILES string of the molecule is COC(=O)[C@H](C)Sc1nc2c(c(=O)[nH]c(=O)n2C)n1Cc1cccc(C)c1. The van der Waals surface area contributed by atoms with Crippen LogP contribution >= 0.6 is 11.8 Å². The number of nitrogens with one attached hydrogen (secondary N) is 1. The van der Waals surface area contributed by atoms with E-state index in [-0.39, 0.29) is 11.2 Å². The van der Waals surface area contributed by atoms with Gasteiger partial charge in [-0.25, -0.2) is 9.78 Å². The van der Waals surface area contributed by atoms with Crippen molar-refractivity contribution in [1.82, 2.24) is 19.1 Å². The maximum atomic E-state index is 12.5. The first-order valence-corrected chi connectivity index (χ1v) is 9.19. The van der Waals surface area contributed by atoms with Crippen LogP contribution in [0.5, 0.6) is 0 Å². The van der Waals surface area contributed by atoms with Gasteiger partial charge in [-0.2, -0.15) is 0 Å². The lowest BCUT2D eigenvalue weighted by atomic mass is 10.1. The summed E-state index contributed by atoms with van der Waals surface area (Å²) >= 11 is 1.18. The molecule has 0 aliphatic carbocycles. The molecule has 0 bridgehead atoms. The molecule has 0 fully saturated rings. The summed E-state index contributed by atoms with van der Waals surface area (Å²) < 4.78 is 7.80. The quantitative estimate of drug-likeness (QED) is 0.524.